The molecule has 4 nitrogen and oxygen atoms in total. The zero-order valence-electron chi connectivity index (χ0n) is 12.8. The molecule has 2 bridgehead atoms. The van der Waals surface area contributed by atoms with Gasteiger partial charge in [-0.15, -0.1) is 11.3 Å². The molecular formula is C17H21NO3S. The van der Waals surface area contributed by atoms with Crippen LogP contribution < -0.4 is 5.32 Å². The second-order valence-electron chi connectivity index (χ2n) is 6.82. The normalized spacial score (nSPS) is 28.7. The molecular weight excluding hydrogens is 298 g/mol. The standard InChI is InChI=1S/C17H21NO3S/c1-21-17(20)14-11-3-2-4-13(11)22-16(14)18-15(19)12-8-9-5-6-10(12)7-9/h9-10,12H,2-8H2,1H3,(H,18,19)/t9-,10-,12+/m1/s1. The lowest BCUT2D eigenvalue weighted by molar-refractivity contribution is -0.121. The summed E-state index contributed by atoms with van der Waals surface area (Å²) >= 11 is 1.57. The average molecular weight is 319 g/mol. The Bertz CT molecular complexity index is 636. The first kappa shape index (κ1) is 14.2. The van der Waals surface area contributed by atoms with E-state index in [2.05, 4.69) is 5.32 Å². The number of carbonyl (C=O) groups is 2. The Kier molecular flexibility index (Phi) is 3.48. The summed E-state index contributed by atoms with van der Waals surface area (Å²) in [5.74, 6) is 1.23. The highest BCUT2D eigenvalue weighted by Gasteiger charge is 2.43. The summed E-state index contributed by atoms with van der Waals surface area (Å²) in [6.45, 7) is 0. The van der Waals surface area contributed by atoms with Crippen molar-refractivity contribution in [2.75, 3.05) is 12.4 Å². The Morgan fingerprint density at radius 3 is 2.77 bits per heavy atom. The molecule has 1 amide bonds. The van der Waals surface area contributed by atoms with Crippen molar-refractivity contribution >= 4 is 28.2 Å². The van der Waals surface area contributed by atoms with Gasteiger partial charge in [-0.25, -0.2) is 4.79 Å². The van der Waals surface area contributed by atoms with Crippen molar-refractivity contribution in [2.45, 2.75) is 44.9 Å². The quantitative estimate of drug-likeness (QED) is 0.869. The summed E-state index contributed by atoms with van der Waals surface area (Å²) < 4.78 is 4.93. The maximum Gasteiger partial charge on any atom is 0.341 e. The van der Waals surface area contributed by atoms with E-state index in [1.54, 1.807) is 11.3 Å². The van der Waals surface area contributed by atoms with Gasteiger partial charge in [-0.2, -0.15) is 0 Å². The van der Waals surface area contributed by atoms with E-state index >= 15 is 0 Å². The number of carbonyl (C=O) groups excluding carboxylic acids is 2. The van der Waals surface area contributed by atoms with E-state index in [0.29, 0.717) is 16.5 Å². The molecule has 2 saturated carbocycles. The van der Waals surface area contributed by atoms with Crippen LogP contribution in [0.5, 0.6) is 0 Å². The minimum absolute atomic E-state index is 0.109. The van der Waals surface area contributed by atoms with E-state index in [-0.39, 0.29) is 17.8 Å². The number of amides is 1. The molecule has 22 heavy (non-hydrogen) atoms. The van der Waals surface area contributed by atoms with Crippen molar-refractivity contribution in [3.8, 4) is 0 Å². The van der Waals surface area contributed by atoms with Crippen LogP contribution in [0.1, 0.15) is 52.9 Å². The molecule has 0 saturated heterocycles. The lowest BCUT2D eigenvalue weighted by Gasteiger charge is -2.20. The molecule has 1 aromatic heterocycles. The van der Waals surface area contributed by atoms with Crippen molar-refractivity contribution in [3.63, 3.8) is 0 Å². The Morgan fingerprint density at radius 2 is 2.09 bits per heavy atom. The van der Waals surface area contributed by atoms with Gasteiger partial charge in [0.2, 0.25) is 5.91 Å². The van der Waals surface area contributed by atoms with Crippen LogP contribution in [0.15, 0.2) is 0 Å². The molecule has 4 rings (SSSR count). The number of esters is 1. The molecule has 118 valence electrons. The molecule has 0 unspecified atom stereocenters. The second-order valence-corrected chi connectivity index (χ2v) is 7.93. The predicted octanol–water partition coefficient (Wildman–Crippen LogP) is 3.40. The molecule has 0 spiro atoms. The highest BCUT2D eigenvalue weighted by atomic mass is 32.1. The Balaban J connectivity index is 1.58. The van der Waals surface area contributed by atoms with E-state index in [4.69, 9.17) is 4.74 Å². The minimum Gasteiger partial charge on any atom is -0.465 e. The molecule has 2 fully saturated rings. The van der Waals surface area contributed by atoms with Gasteiger partial charge in [0.15, 0.2) is 0 Å². The molecule has 3 aliphatic rings. The number of thiophene rings is 1. The van der Waals surface area contributed by atoms with Crippen molar-refractivity contribution in [1.82, 2.24) is 0 Å². The van der Waals surface area contributed by atoms with Gasteiger partial charge in [-0.3, -0.25) is 4.79 Å². The predicted molar refractivity (Wildman–Crippen MR) is 85.3 cm³/mol. The van der Waals surface area contributed by atoms with Crippen LogP contribution in [-0.4, -0.2) is 19.0 Å². The lowest BCUT2D eigenvalue weighted by atomic mass is 9.88. The summed E-state index contributed by atoms with van der Waals surface area (Å²) in [6, 6.07) is 0. The first-order chi connectivity index (χ1) is 10.7. The highest BCUT2D eigenvalue weighted by Crippen LogP contribution is 2.49. The first-order valence-corrected chi connectivity index (χ1v) is 9.02. The van der Waals surface area contributed by atoms with Gasteiger partial charge in [-0.1, -0.05) is 6.42 Å². The maximum absolute atomic E-state index is 12.6. The van der Waals surface area contributed by atoms with E-state index < -0.39 is 0 Å². The number of anilines is 1. The Hall–Kier alpha value is -1.36. The summed E-state index contributed by atoms with van der Waals surface area (Å²) in [5.41, 5.74) is 1.71. The van der Waals surface area contributed by atoms with Crippen molar-refractivity contribution in [1.29, 1.82) is 0 Å². The number of hydrogen-bond acceptors (Lipinski definition) is 4. The number of ether oxygens (including phenoxy) is 1. The van der Waals surface area contributed by atoms with Crippen molar-refractivity contribution in [3.05, 3.63) is 16.0 Å². The van der Waals surface area contributed by atoms with Crippen LogP contribution in [0.2, 0.25) is 0 Å². The van der Waals surface area contributed by atoms with Gasteiger partial charge in [-0.05, 0) is 55.9 Å². The third-order valence-corrected chi connectivity index (χ3v) is 6.83. The van der Waals surface area contributed by atoms with Crippen LogP contribution in [0, 0.1) is 17.8 Å². The monoisotopic (exact) mass is 319 g/mol. The fraction of sp³-hybridized carbons (Fsp3) is 0.647. The van der Waals surface area contributed by atoms with Crippen LogP contribution in [0.4, 0.5) is 5.00 Å². The summed E-state index contributed by atoms with van der Waals surface area (Å²) in [5, 5.41) is 3.77. The Labute approximate surface area is 134 Å². The van der Waals surface area contributed by atoms with E-state index in [9.17, 15) is 9.59 Å². The van der Waals surface area contributed by atoms with Gasteiger partial charge in [0.05, 0.1) is 12.7 Å². The molecule has 0 radical (unpaired) electrons. The first-order valence-electron chi connectivity index (χ1n) is 8.21. The fourth-order valence-electron chi connectivity index (χ4n) is 4.58. The fourth-order valence-corrected chi connectivity index (χ4v) is 5.86. The zero-order chi connectivity index (χ0) is 15.3. The van der Waals surface area contributed by atoms with Crippen molar-refractivity contribution in [2.24, 2.45) is 17.8 Å². The molecule has 5 heteroatoms. The van der Waals surface area contributed by atoms with Gasteiger partial charge >= 0.3 is 5.97 Å². The van der Waals surface area contributed by atoms with Crippen LogP contribution in [0.3, 0.4) is 0 Å². The SMILES string of the molecule is COC(=O)c1c(NC(=O)[C@H]2C[C@@H]3CC[C@@H]2C3)sc2c1CCC2. The van der Waals surface area contributed by atoms with E-state index in [1.165, 1.54) is 31.2 Å². The number of hydrogen-bond donors (Lipinski definition) is 1. The third kappa shape index (κ3) is 2.18. The number of fused-ring (bicyclic) bond motifs is 3. The summed E-state index contributed by atoms with van der Waals surface area (Å²) in [6.07, 6.45) is 7.72. The van der Waals surface area contributed by atoms with Crippen LogP contribution in [0.25, 0.3) is 0 Å². The zero-order valence-corrected chi connectivity index (χ0v) is 13.6. The van der Waals surface area contributed by atoms with Gasteiger partial charge in [0.25, 0.3) is 0 Å². The molecule has 3 atom stereocenters. The Morgan fingerprint density at radius 1 is 1.23 bits per heavy atom. The van der Waals surface area contributed by atoms with Gasteiger partial charge in [0.1, 0.15) is 5.00 Å². The van der Waals surface area contributed by atoms with Crippen molar-refractivity contribution < 1.29 is 14.3 Å². The molecule has 0 aliphatic heterocycles. The number of methoxy groups -OCH3 is 1. The summed E-state index contributed by atoms with van der Waals surface area (Å²) in [7, 11) is 1.41. The second kappa shape index (κ2) is 5.37. The average Bonchev–Trinajstić information content (AvgIpc) is 3.26. The van der Waals surface area contributed by atoms with Gasteiger partial charge < -0.3 is 10.1 Å². The van der Waals surface area contributed by atoms with Gasteiger partial charge in [0, 0.05) is 10.8 Å². The third-order valence-electron chi connectivity index (χ3n) is 5.62. The van der Waals surface area contributed by atoms with Crippen LogP contribution in [-0.2, 0) is 22.4 Å². The van der Waals surface area contributed by atoms with E-state index in [1.807, 2.05) is 0 Å². The molecule has 0 aromatic carbocycles. The number of nitrogens with one attached hydrogen (secondary N) is 1. The highest BCUT2D eigenvalue weighted by molar-refractivity contribution is 7.17. The minimum atomic E-state index is -0.317. The molecule has 3 aliphatic carbocycles. The summed E-state index contributed by atoms with van der Waals surface area (Å²) in [4.78, 5) is 26.0. The van der Waals surface area contributed by atoms with E-state index in [0.717, 1.165) is 37.2 Å². The molecule has 1 N–H and O–H groups in total. The van der Waals surface area contributed by atoms with Crippen LogP contribution >= 0.6 is 11.3 Å². The number of rotatable bonds is 3. The maximum atomic E-state index is 12.6. The topological polar surface area (TPSA) is 55.4 Å². The molecule has 1 aromatic rings. The largest absolute Gasteiger partial charge is 0.465 e. The number of aryl methyl sites for hydroxylation is 1. The smallest absolute Gasteiger partial charge is 0.341 e. The lowest BCUT2D eigenvalue weighted by Crippen LogP contribution is -2.27. The molecule has 1 heterocycles.